The first kappa shape index (κ1) is 19.1. The van der Waals surface area contributed by atoms with Gasteiger partial charge in [-0.3, -0.25) is 15.2 Å². The summed E-state index contributed by atoms with van der Waals surface area (Å²) in [7, 11) is 0. The minimum atomic E-state index is -0.553. The molecule has 0 spiro atoms. The molecule has 0 amide bonds. The predicted molar refractivity (Wildman–Crippen MR) is 108 cm³/mol. The van der Waals surface area contributed by atoms with Crippen molar-refractivity contribution in [2.75, 3.05) is 10.6 Å². The number of pyridine rings is 1. The minimum Gasteiger partial charge on any atom is -0.362 e. The molecule has 1 aromatic carbocycles. The summed E-state index contributed by atoms with van der Waals surface area (Å²) < 4.78 is 13.1. The zero-order valence-corrected chi connectivity index (χ0v) is 16.2. The van der Waals surface area contributed by atoms with Crippen molar-refractivity contribution in [2.45, 2.75) is 31.7 Å². The Bertz CT molecular complexity index is 1050. The Balaban J connectivity index is 1.60. The number of aromatic amines is 1. The quantitative estimate of drug-likeness (QED) is 0.356. The van der Waals surface area contributed by atoms with Gasteiger partial charge in [-0.05, 0) is 37.5 Å². The second kappa shape index (κ2) is 7.67. The van der Waals surface area contributed by atoms with Gasteiger partial charge in [-0.2, -0.15) is 5.10 Å². The third kappa shape index (κ3) is 4.29. The number of H-pyrrole nitrogens is 1. The van der Waals surface area contributed by atoms with Crippen LogP contribution in [-0.4, -0.2) is 20.1 Å². The van der Waals surface area contributed by atoms with Crippen LogP contribution in [0, 0.1) is 15.9 Å². The predicted octanol–water partition coefficient (Wildman–Crippen LogP) is 5.30. The molecular formula is C19H18ClFN6O2. The number of halogens is 2. The standard InChI is InChI=1S/C19H18ClFN6O2/c1-10(11-4-6-13(21)7-5-11)22-18-14(20)8-16(27(28)29)19(24-18)23-17-9-15(25-26-17)12-2-3-12/h4-10,12H,2-3H2,1H3,(H3,22,23,24,25,26)/t10-/m0/s1. The van der Waals surface area contributed by atoms with Crippen molar-refractivity contribution >= 4 is 34.7 Å². The van der Waals surface area contributed by atoms with E-state index in [2.05, 4.69) is 25.8 Å². The molecule has 29 heavy (non-hydrogen) atoms. The fraction of sp³-hybridized carbons (Fsp3) is 0.263. The number of nitrogens with zero attached hydrogens (tertiary/aromatic N) is 3. The highest BCUT2D eigenvalue weighted by Crippen LogP contribution is 2.40. The van der Waals surface area contributed by atoms with Crippen molar-refractivity contribution in [1.82, 2.24) is 15.2 Å². The largest absolute Gasteiger partial charge is 0.362 e. The van der Waals surface area contributed by atoms with Crippen molar-refractivity contribution in [2.24, 2.45) is 0 Å². The molecule has 3 N–H and O–H groups in total. The lowest BCUT2D eigenvalue weighted by Crippen LogP contribution is -2.10. The molecule has 0 bridgehead atoms. The number of anilines is 3. The average Bonchev–Trinajstić information content (AvgIpc) is 3.43. The maximum atomic E-state index is 13.1. The summed E-state index contributed by atoms with van der Waals surface area (Å²) in [6, 6.07) is 8.84. The Kier molecular flexibility index (Phi) is 5.06. The molecule has 1 aliphatic rings. The van der Waals surface area contributed by atoms with Gasteiger partial charge >= 0.3 is 5.69 Å². The average molecular weight is 417 g/mol. The smallest absolute Gasteiger partial charge is 0.313 e. The fourth-order valence-electron chi connectivity index (χ4n) is 2.98. The third-order valence-corrected chi connectivity index (χ3v) is 5.03. The molecule has 3 aromatic rings. The van der Waals surface area contributed by atoms with E-state index in [0.717, 1.165) is 24.1 Å². The minimum absolute atomic E-state index is 0.0297. The van der Waals surface area contributed by atoms with E-state index >= 15 is 0 Å². The number of rotatable bonds is 7. The first-order chi connectivity index (χ1) is 13.9. The first-order valence-corrected chi connectivity index (χ1v) is 9.48. The third-order valence-electron chi connectivity index (χ3n) is 4.74. The highest BCUT2D eigenvalue weighted by Gasteiger charge is 2.26. The molecule has 10 heteroatoms. The molecule has 1 fully saturated rings. The lowest BCUT2D eigenvalue weighted by atomic mass is 10.1. The second-order valence-corrected chi connectivity index (χ2v) is 7.38. The Hall–Kier alpha value is -3.20. The molecule has 8 nitrogen and oxygen atoms in total. The number of aromatic nitrogens is 3. The molecule has 1 aliphatic carbocycles. The van der Waals surface area contributed by atoms with Crippen molar-refractivity contribution in [1.29, 1.82) is 0 Å². The fourth-order valence-corrected chi connectivity index (χ4v) is 3.18. The highest BCUT2D eigenvalue weighted by molar-refractivity contribution is 6.33. The molecule has 0 unspecified atom stereocenters. The van der Waals surface area contributed by atoms with E-state index in [0.29, 0.717) is 11.7 Å². The van der Waals surface area contributed by atoms with Gasteiger partial charge in [0.25, 0.3) is 0 Å². The van der Waals surface area contributed by atoms with E-state index in [9.17, 15) is 14.5 Å². The summed E-state index contributed by atoms with van der Waals surface area (Å²) in [4.78, 5) is 15.2. The zero-order chi connectivity index (χ0) is 20.5. The Labute approximate surface area is 170 Å². The van der Waals surface area contributed by atoms with Crippen LogP contribution in [0.15, 0.2) is 36.4 Å². The van der Waals surface area contributed by atoms with E-state index in [1.807, 2.05) is 13.0 Å². The van der Waals surface area contributed by atoms with Gasteiger partial charge in [-0.25, -0.2) is 9.37 Å². The van der Waals surface area contributed by atoms with Crippen molar-refractivity contribution in [3.05, 3.63) is 68.6 Å². The summed E-state index contributed by atoms with van der Waals surface area (Å²) in [6.45, 7) is 1.86. The molecule has 1 saturated carbocycles. The Morgan fingerprint density at radius 3 is 2.66 bits per heavy atom. The first-order valence-electron chi connectivity index (χ1n) is 9.10. The molecule has 0 radical (unpaired) electrons. The number of hydrogen-bond acceptors (Lipinski definition) is 6. The van der Waals surface area contributed by atoms with Gasteiger partial charge in [-0.1, -0.05) is 23.7 Å². The number of hydrogen-bond donors (Lipinski definition) is 3. The van der Waals surface area contributed by atoms with Gasteiger partial charge in [0, 0.05) is 29.8 Å². The van der Waals surface area contributed by atoms with Gasteiger partial charge in [0.2, 0.25) is 5.82 Å². The molecule has 2 aromatic heterocycles. The summed E-state index contributed by atoms with van der Waals surface area (Å²) in [5.41, 5.74) is 1.55. The van der Waals surface area contributed by atoms with Crippen molar-refractivity contribution in [3.8, 4) is 0 Å². The van der Waals surface area contributed by atoms with Crippen LogP contribution in [0.4, 0.5) is 27.5 Å². The van der Waals surface area contributed by atoms with Crippen LogP contribution in [-0.2, 0) is 0 Å². The maximum absolute atomic E-state index is 13.1. The SMILES string of the molecule is C[C@H](Nc1nc(Nc2cc(C3CC3)[nH]n2)c([N+](=O)[O-])cc1Cl)c1ccc(F)cc1. The topological polar surface area (TPSA) is 109 Å². The van der Waals surface area contributed by atoms with Gasteiger partial charge in [0.1, 0.15) is 11.6 Å². The van der Waals surface area contributed by atoms with E-state index in [-0.39, 0.29) is 34.2 Å². The molecular weight excluding hydrogens is 399 g/mol. The molecule has 150 valence electrons. The normalized spacial score (nSPS) is 14.4. The highest BCUT2D eigenvalue weighted by atomic mass is 35.5. The summed E-state index contributed by atoms with van der Waals surface area (Å²) >= 11 is 6.22. The van der Waals surface area contributed by atoms with Gasteiger partial charge in [0.05, 0.1) is 9.95 Å². The molecule has 4 rings (SSSR count). The van der Waals surface area contributed by atoms with Crippen LogP contribution in [0.1, 0.15) is 43.0 Å². The van der Waals surface area contributed by atoms with Crippen LogP contribution in [0.3, 0.4) is 0 Å². The second-order valence-electron chi connectivity index (χ2n) is 6.97. The van der Waals surface area contributed by atoms with Crippen molar-refractivity contribution in [3.63, 3.8) is 0 Å². The molecule has 0 saturated heterocycles. The summed E-state index contributed by atoms with van der Waals surface area (Å²) in [6.07, 6.45) is 2.21. The van der Waals surface area contributed by atoms with E-state index in [4.69, 9.17) is 11.6 Å². The molecule has 2 heterocycles. The zero-order valence-electron chi connectivity index (χ0n) is 15.4. The number of nitrogens with one attached hydrogen (secondary N) is 3. The van der Waals surface area contributed by atoms with Crippen LogP contribution in [0.2, 0.25) is 5.02 Å². The van der Waals surface area contributed by atoms with Gasteiger partial charge in [0.15, 0.2) is 5.82 Å². The van der Waals surface area contributed by atoms with Crippen LogP contribution >= 0.6 is 11.6 Å². The van der Waals surface area contributed by atoms with Crippen LogP contribution in [0.5, 0.6) is 0 Å². The lowest BCUT2D eigenvalue weighted by Gasteiger charge is -2.17. The van der Waals surface area contributed by atoms with E-state index in [1.165, 1.54) is 18.2 Å². The molecule has 0 aliphatic heterocycles. The Morgan fingerprint density at radius 2 is 2.00 bits per heavy atom. The van der Waals surface area contributed by atoms with Crippen LogP contribution in [0.25, 0.3) is 0 Å². The monoisotopic (exact) mass is 416 g/mol. The van der Waals surface area contributed by atoms with E-state index in [1.54, 1.807) is 12.1 Å². The number of benzene rings is 1. The van der Waals surface area contributed by atoms with E-state index < -0.39 is 4.92 Å². The van der Waals surface area contributed by atoms with Gasteiger partial charge in [-0.15, -0.1) is 0 Å². The lowest BCUT2D eigenvalue weighted by molar-refractivity contribution is -0.384. The van der Waals surface area contributed by atoms with Crippen LogP contribution < -0.4 is 10.6 Å². The number of nitro groups is 1. The van der Waals surface area contributed by atoms with Crippen molar-refractivity contribution < 1.29 is 9.31 Å². The summed E-state index contributed by atoms with van der Waals surface area (Å²) in [5.74, 6) is 0.891. The molecule has 1 atom stereocenters. The van der Waals surface area contributed by atoms with Gasteiger partial charge < -0.3 is 10.6 Å². The maximum Gasteiger partial charge on any atom is 0.313 e. The summed E-state index contributed by atoms with van der Waals surface area (Å²) in [5, 5.41) is 24.7. The Morgan fingerprint density at radius 1 is 1.28 bits per heavy atom.